The first kappa shape index (κ1) is 4.00. The molecule has 32 valence electrons. The zero-order chi connectivity index (χ0) is 4.41. The van der Waals surface area contributed by atoms with Crippen molar-refractivity contribution >= 4 is 17.6 Å². The van der Waals surface area contributed by atoms with Crippen molar-refractivity contribution in [3.8, 4) is 0 Å². The molecule has 1 rings (SSSR count). The normalized spacial score (nSPS) is 29.0. The second-order valence-electron chi connectivity index (χ2n) is 1.46. The van der Waals surface area contributed by atoms with E-state index in [0.717, 1.165) is 0 Å². The van der Waals surface area contributed by atoms with Gasteiger partial charge in [0.25, 0.3) is 0 Å². The summed E-state index contributed by atoms with van der Waals surface area (Å²) >= 11 is 4.65. The first-order valence-corrected chi connectivity index (χ1v) is 2.52. The molecule has 1 unspecified atom stereocenters. The minimum atomic E-state index is 0.625. The molecule has 0 saturated carbocycles. The fourth-order valence-corrected chi connectivity index (χ4v) is 0.596. The van der Waals surface area contributed by atoms with Crippen molar-refractivity contribution in [2.45, 2.75) is 6.42 Å². The number of thiocarbonyl (C=S) groups is 1. The van der Waals surface area contributed by atoms with Gasteiger partial charge in [-0.05, 0) is 11.8 Å². The smallest absolute Gasteiger partial charge is 0.00859 e. The van der Waals surface area contributed by atoms with Crippen LogP contribution in [-0.4, -0.2) is 5.37 Å². The van der Waals surface area contributed by atoms with E-state index in [0.29, 0.717) is 5.92 Å². The number of rotatable bonds is 1. The van der Waals surface area contributed by atoms with E-state index in [9.17, 15) is 0 Å². The third-order valence-electron chi connectivity index (χ3n) is 0.966. The van der Waals surface area contributed by atoms with Crippen LogP contribution in [-0.2, 0) is 0 Å². The quantitative estimate of drug-likeness (QED) is 0.354. The second kappa shape index (κ2) is 1.52. The highest BCUT2D eigenvalue weighted by molar-refractivity contribution is 7.79. The van der Waals surface area contributed by atoms with Gasteiger partial charge in [-0.2, -0.15) is 0 Å². The van der Waals surface area contributed by atoms with Crippen molar-refractivity contribution < 1.29 is 0 Å². The lowest BCUT2D eigenvalue weighted by atomic mass is 9.98. The van der Waals surface area contributed by atoms with Crippen molar-refractivity contribution in [2.24, 2.45) is 5.92 Å². The molecule has 0 N–H and O–H groups in total. The second-order valence-corrected chi connectivity index (χ2v) is 1.74. The van der Waals surface area contributed by atoms with Gasteiger partial charge in [0.15, 0.2) is 0 Å². The largest absolute Gasteiger partial charge is 0.0928 e. The average Bonchev–Trinajstić information content (AvgIpc) is 1.31. The fraction of sp³-hybridized carbons (Fsp3) is 0.400. The third-order valence-corrected chi connectivity index (χ3v) is 1.32. The standard InChI is InChI=1S/C5H6S/c6-4-5-2-1-3-5/h1-2,4-5H,3H2. The van der Waals surface area contributed by atoms with E-state index in [1.165, 1.54) is 6.42 Å². The molecule has 0 spiro atoms. The molecule has 0 bridgehead atoms. The summed E-state index contributed by atoms with van der Waals surface area (Å²) in [6, 6.07) is 0. The minimum Gasteiger partial charge on any atom is -0.0928 e. The van der Waals surface area contributed by atoms with Crippen LogP contribution in [0.5, 0.6) is 0 Å². The number of hydrogen-bond acceptors (Lipinski definition) is 1. The summed E-state index contributed by atoms with van der Waals surface area (Å²) < 4.78 is 0. The van der Waals surface area contributed by atoms with Crippen molar-refractivity contribution in [2.75, 3.05) is 0 Å². The lowest BCUT2D eigenvalue weighted by Crippen LogP contribution is -2.00. The van der Waals surface area contributed by atoms with Gasteiger partial charge in [-0.1, -0.05) is 24.4 Å². The highest BCUT2D eigenvalue weighted by atomic mass is 32.1. The van der Waals surface area contributed by atoms with Gasteiger partial charge in [-0.3, -0.25) is 0 Å². The molecule has 0 heterocycles. The topological polar surface area (TPSA) is 0 Å². The van der Waals surface area contributed by atoms with Gasteiger partial charge in [-0.15, -0.1) is 0 Å². The zero-order valence-electron chi connectivity index (χ0n) is 3.42. The summed E-state index contributed by atoms with van der Waals surface area (Å²) in [6.07, 6.45) is 5.42. The molecule has 0 aromatic rings. The van der Waals surface area contributed by atoms with E-state index in [1.807, 2.05) is 0 Å². The summed E-state index contributed by atoms with van der Waals surface area (Å²) in [5.74, 6) is 0.625. The zero-order valence-corrected chi connectivity index (χ0v) is 4.24. The first-order valence-electron chi connectivity index (χ1n) is 2.05. The Morgan fingerprint density at radius 3 is 2.50 bits per heavy atom. The Hall–Kier alpha value is -0.170. The molecule has 0 amide bonds. The maximum atomic E-state index is 4.65. The van der Waals surface area contributed by atoms with E-state index >= 15 is 0 Å². The van der Waals surface area contributed by atoms with Crippen LogP contribution in [0.4, 0.5) is 0 Å². The molecule has 0 aromatic carbocycles. The van der Waals surface area contributed by atoms with Gasteiger partial charge in [-0.25, -0.2) is 0 Å². The van der Waals surface area contributed by atoms with Gasteiger partial charge in [0.05, 0.1) is 0 Å². The summed E-state index contributed by atoms with van der Waals surface area (Å²) in [6.45, 7) is 0. The Balaban J connectivity index is 2.39. The van der Waals surface area contributed by atoms with Crippen LogP contribution < -0.4 is 0 Å². The van der Waals surface area contributed by atoms with Crippen LogP contribution in [0.2, 0.25) is 0 Å². The maximum absolute atomic E-state index is 4.65. The van der Waals surface area contributed by atoms with Crippen LogP contribution in [0.1, 0.15) is 6.42 Å². The number of hydrogen-bond donors (Lipinski definition) is 0. The van der Waals surface area contributed by atoms with Gasteiger partial charge < -0.3 is 0 Å². The highest BCUT2D eigenvalue weighted by Crippen LogP contribution is 2.12. The monoisotopic (exact) mass is 98.0 g/mol. The van der Waals surface area contributed by atoms with E-state index in [2.05, 4.69) is 24.4 Å². The predicted octanol–water partition coefficient (Wildman–Crippen LogP) is 1.56. The lowest BCUT2D eigenvalue weighted by Gasteiger charge is -2.08. The SMILES string of the molecule is S=CC1C=CC1. The molecule has 1 aliphatic rings. The van der Waals surface area contributed by atoms with Crippen molar-refractivity contribution in [1.29, 1.82) is 0 Å². The van der Waals surface area contributed by atoms with Gasteiger partial charge >= 0.3 is 0 Å². The molecule has 0 aliphatic heterocycles. The molecule has 0 saturated heterocycles. The molecule has 1 atom stereocenters. The first-order chi connectivity index (χ1) is 2.93. The predicted molar refractivity (Wildman–Crippen MR) is 30.9 cm³/mol. The van der Waals surface area contributed by atoms with Gasteiger partial charge in [0, 0.05) is 5.92 Å². The maximum Gasteiger partial charge on any atom is 0.00859 e. The molecule has 0 fully saturated rings. The van der Waals surface area contributed by atoms with Crippen molar-refractivity contribution in [3.05, 3.63) is 12.2 Å². The Morgan fingerprint density at radius 2 is 2.50 bits per heavy atom. The number of allylic oxidation sites excluding steroid dienone is 2. The molecule has 0 nitrogen and oxygen atoms in total. The fourth-order valence-electron chi connectivity index (χ4n) is 0.394. The van der Waals surface area contributed by atoms with Crippen LogP contribution in [0.3, 0.4) is 0 Å². The van der Waals surface area contributed by atoms with Gasteiger partial charge in [0.2, 0.25) is 0 Å². The summed E-state index contributed by atoms with van der Waals surface area (Å²) in [5, 5.41) is 1.81. The summed E-state index contributed by atoms with van der Waals surface area (Å²) in [5.41, 5.74) is 0. The molecular formula is C5H6S. The molecule has 1 heteroatoms. The van der Waals surface area contributed by atoms with E-state index < -0.39 is 0 Å². The van der Waals surface area contributed by atoms with Crippen molar-refractivity contribution in [3.63, 3.8) is 0 Å². The molecule has 1 aliphatic carbocycles. The minimum absolute atomic E-state index is 0.625. The highest BCUT2D eigenvalue weighted by Gasteiger charge is 2.02. The van der Waals surface area contributed by atoms with Crippen LogP contribution in [0.25, 0.3) is 0 Å². The van der Waals surface area contributed by atoms with Gasteiger partial charge in [0.1, 0.15) is 0 Å². The van der Waals surface area contributed by atoms with Crippen LogP contribution in [0.15, 0.2) is 12.2 Å². The molecular weight excluding hydrogens is 92.1 g/mol. The van der Waals surface area contributed by atoms with E-state index in [4.69, 9.17) is 0 Å². The summed E-state index contributed by atoms with van der Waals surface area (Å²) in [4.78, 5) is 0. The molecule has 0 radical (unpaired) electrons. The third kappa shape index (κ3) is 0.500. The molecule has 6 heavy (non-hydrogen) atoms. The molecule has 0 aromatic heterocycles. The Labute approximate surface area is 42.9 Å². The van der Waals surface area contributed by atoms with E-state index in [1.54, 1.807) is 5.37 Å². The van der Waals surface area contributed by atoms with Crippen LogP contribution >= 0.6 is 12.2 Å². The Kier molecular flexibility index (Phi) is 1.01. The Bertz CT molecular complexity index is 83.9. The van der Waals surface area contributed by atoms with Crippen molar-refractivity contribution in [1.82, 2.24) is 0 Å². The lowest BCUT2D eigenvalue weighted by molar-refractivity contribution is 0.830. The average molecular weight is 98.2 g/mol. The summed E-state index contributed by atoms with van der Waals surface area (Å²) in [7, 11) is 0. The van der Waals surface area contributed by atoms with E-state index in [-0.39, 0.29) is 0 Å². The van der Waals surface area contributed by atoms with Crippen LogP contribution in [0, 0.1) is 5.92 Å². The Morgan fingerprint density at radius 1 is 1.83 bits per heavy atom.